The third-order valence-corrected chi connectivity index (χ3v) is 6.25. The first-order valence-electron chi connectivity index (χ1n) is 11.2. The largest absolute Gasteiger partial charge is 0.495 e. The van der Waals surface area contributed by atoms with Crippen LogP contribution in [0.2, 0.25) is 0 Å². The molecule has 1 unspecified atom stereocenters. The molecule has 0 saturated heterocycles. The molecule has 1 aliphatic heterocycles. The van der Waals surface area contributed by atoms with Crippen molar-refractivity contribution in [1.29, 1.82) is 0 Å². The summed E-state index contributed by atoms with van der Waals surface area (Å²) < 4.78 is 50.5. The van der Waals surface area contributed by atoms with Crippen molar-refractivity contribution in [2.24, 2.45) is 0 Å². The van der Waals surface area contributed by atoms with Crippen LogP contribution in [0.25, 0.3) is 5.69 Å². The molecule has 0 amide bonds. The van der Waals surface area contributed by atoms with Crippen molar-refractivity contribution >= 4 is 0 Å². The molecule has 0 aliphatic carbocycles. The first kappa shape index (κ1) is 23.1. The third kappa shape index (κ3) is 4.41. The molecule has 7 nitrogen and oxygen atoms in total. The van der Waals surface area contributed by atoms with E-state index in [1.807, 2.05) is 47.8 Å². The number of ether oxygens (including phenoxy) is 1. The zero-order valence-electron chi connectivity index (χ0n) is 19.6. The maximum Gasteiger partial charge on any atom is 0.416 e. The maximum atomic E-state index is 13.7. The van der Waals surface area contributed by atoms with Crippen molar-refractivity contribution in [3.8, 4) is 11.4 Å². The minimum absolute atomic E-state index is 0.184. The summed E-state index contributed by atoms with van der Waals surface area (Å²) in [7, 11) is 3.43. The lowest BCUT2D eigenvalue weighted by Gasteiger charge is -2.33. The molecular formula is C25H25F3N6O. The van der Waals surface area contributed by atoms with Gasteiger partial charge in [0.1, 0.15) is 11.6 Å². The van der Waals surface area contributed by atoms with Crippen molar-refractivity contribution in [3.05, 3.63) is 89.0 Å². The van der Waals surface area contributed by atoms with E-state index in [1.165, 1.54) is 12.1 Å². The summed E-state index contributed by atoms with van der Waals surface area (Å²) >= 11 is 0. The van der Waals surface area contributed by atoms with Crippen LogP contribution in [0, 0.1) is 6.92 Å². The summed E-state index contributed by atoms with van der Waals surface area (Å²) in [6, 6.07) is 10.9. The molecule has 0 N–H and O–H groups in total. The Hall–Kier alpha value is -3.66. The second-order valence-corrected chi connectivity index (χ2v) is 8.68. The molecule has 0 fully saturated rings. The lowest BCUT2D eigenvalue weighted by atomic mass is 9.97. The first-order chi connectivity index (χ1) is 16.7. The molecule has 0 spiro atoms. The normalized spacial score (nSPS) is 16.3. The summed E-state index contributed by atoms with van der Waals surface area (Å²) in [6.45, 7) is 3.05. The van der Waals surface area contributed by atoms with Gasteiger partial charge in [0.2, 0.25) is 0 Å². The molecule has 2 aromatic heterocycles. The molecule has 0 saturated carbocycles. The molecule has 182 valence electrons. The molecule has 5 rings (SSSR count). The second kappa shape index (κ2) is 8.84. The maximum absolute atomic E-state index is 13.7. The number of aryl methyl sites for hydroxylation is 1. The van der Waals surface area contributed by atoms with Crippen LogP contribution < -0.4 is 4.74 Å². The second-order valence-electron chi connectivity index (χ2n) is 8.68. The van der Waals surface area contributed by atoms with Crippen molar-refractivity contribution in [2.75, 3.05) is 20.7 Å². The van der Waals surface area contributed by atoms with Crippen molar-refractivity contribution in [3.63, 3.8) is 0 Å². The molecule has 0 radical (unpaired) electrons. The molecule has 1 aliphatic rings. The van der Waals surface area contributed by atoms with Crippen LogP contribution in [-0.4, -0.2) is 49.9 Å². The Kier molecular flexibility index (Phi) is 5.84. The Bertz CT molecular complexity index is 1360. The number of benzene rings is 2. The first-order valence-corrected chi connectivity index (χ1v) is 11.2. The highest BCUT2D eigenvalue weighted by Gasteiger charge is 2.39. The van der Waals surface area contributed by atoms with Crippen molar-refractivity contribution in [2.45, 2.75) is 32.1 Å². The van der Waals surface area contributed by atoms with E-state index in [9.17, 15) is 13.2 Å². The SMILES string of the molecule is COc1cc(Cc2nc3n(n2)CCN(C)C3c2ccccc2C(F)(F)F)ccc1-n1cnc(C)c1. The topological polar surface area (TPSA) is 61.0 Å². The van der Waals surface area contributed by atoms with Gasteiger partial charge < -0.3 is 9.30 Å². The Labute approximate surface area is 200 Å². The van der Waals surface area contributed by atoms with Gasteiger partial charge in [-0.05, 0) is 43.3 Å². The standard InChI is InChI=1S/C25H25F3N6O/c1-16-14-33(15-29-16)20-9-8-17(12-21(20)35-3)13-22-30-24-23(32(2)10-11-34(24)31-22)18-6-4-5-7-19(18)25(26,27)28/h4-9,12,14-15,23H,10-11,13H2,1-3H3. The summed E-state index contributed by atoms with van der Waals surface area (Å²) in [5, 5.41) is 4.63. The number of nitrogens with zero attached hydrogens (tertiary/aromatic N) is 6. The number of hydrogen-bond acceptors (Lipinski definition) is 5. The summed E-state index contributed by atoms with van der Waals surface area (Å²) in [5.74, 6) is 1.75. The van der Waals surface area contributed by atoms with Crippen LogP contribution in [0.1, 0.15) is 40.1 Å². The average molecular weight is 483 g/mol. The van der Waals surface area contributed by atoms with Crippen LogP contribution >= 0.6 is 0 Å². The third-order valence-electron chi connectivity index (χ3n) is 6.25. The Morgan fingerprint density at radius 1 is 1.11 bits per heavy atom. The van der Waals surface area contributed by atoms with Crippen molar-refractivity contribution < 1.29 is 17.9 Å². The summed E-state index contributed by atoms with van der Waals surface area (Å²) in [4.78, 5) is 10.9. The fourth-order valence-corrected chi connectivity index (χ4v) is 4.57. The zero-order chi connectivity index (χ0) is 24.7. The number of aromatic nitrogens is 5. The number of methoxy groups -OCH3 is 1. The molecule has 1 atom stereocenters. The number of alkyl halides is 3. The zero-order valence-corrected chi connectivity index (χ0v) is 19.6. The lowest BCUT2D eigenvalue weighted by molar-refractivity contribution is -0.138. The van der Waals surface area contributed by atoms with E-state index in [0.717, 1.165) is 23.0 Å². The molecule has 3 heterocycles. The number of likely N-dealkylation sites (N-methyl/N-ethyl adjacent to an activating group) is 1. The van der Waals surface area contributed by atoms with Gasteiger partial charge in [-0.1, -0.05) is 24.3 Å². The fraction of sp³-hybridized carbons (Fsp3) is 0.320. The van der Waals surface area contributed by atoms with E-state index in [-0.39, 0.29) is 5.56 Å². The smallest absolute Gasteiger partial charge is 0.416 e. The van der Waals surface area contributed by atoms with E-state index < -0.39 is 17.8 Å². The van der Waals surface area contributed by atoms with Crippen LogP contribution in [-0.2, 0) is 19.1 Å². The average Bonchev–Trinajstić information content (AvgIpc) is 3.44. The lowest BCUT2D eigenvalue weighted by Crippen LogP contribution is -2.37. The summed E-state index contributed by atoms with van der Waals surface area (Å²) in [5.41, 5.74) is 2.23. The Morgan fingerprint density at radius 2 is 1.91 bits per heavy atom. The van der Waals surface area contributed by atoms with Gasteiger partial charge in [0.15, 0.2) is 5.82 Å². The van der Waals surface area contributed by atoms with E-state index in [1.54, 1.807) is 24.2 Å². The van der Waals surface area contributed by atoms with Gasteiger partial charge in [0, 0.05) is 19.2 Å². The predicted octanol–water partition coefficient (Wildman–Crippen LogP) is 4.43. The van der Waals surface area contributed by atoms with Gasteiger partial charge in [0.25, 0.3) is 0 Å². The minimum atomic E-state index is -4.45. The molecule has 35 heavy (non-hydrogen) atoms. The number of hydrogen-bond donors (Lipinski definition) is 0. The number of fused-ring (bicyclic) bond motifs is 1. The van der Waals surface area contributed by atoms with Gasteiger partial charge in [-0.2, -0.15) is 18.3 Å². The van der Waals surface area contributed by atoms with E-state index in [0.29, 0.717) is 36.9 Å². The molecule has 0 bridgehead atoms. The van der Waals surface area contributed by atoms with Gasteiger partial charge in [-0.3, -0.25) is 4.90 Å². The van der Waals surface area contributed by atoms with E-state index in [2.05, 4.69) is 10.1 Å². The van der Waals surface area contributed by atoms with Gasteiger partial charge in [0.05, 0.1) is 43.0 Å². The monoisotopic (exact) mass is 482 g/mol. The highest BCUT2D eigenvalue weighted by molar-refractivity contribution is 5.49. The summed E-state index contributed by atoms with van der Waals surface area (Å²) in [6.07, 6.45) is -0.378. The van der Waals surface area contributed by atoms with E-state index in [4.69, 9.17) is 9.72 Å². The van der Waals surface area contributed by atoms with Crippen LogP contribution in [0.5, 0.6) is 5.75 Å². The minimum Gasteiger partial charge on any atom is -0.495 e. The molecular weight excluding hydrogens is 457 g/mol. The number of rotatable bonds is 5. The fourth-order valence-electron chi connectivity index (χ4n) is 4.57. The van der Waals surface area contributed by atoms with Gasteiger partial charge in [-0.15, -0.1) is 0 Å². The molecule has 2 aromatic carbocycles. The molecule has 4 aromatic rings. The van der Waals surface area contributed by atoms with Gasteiger partial charge >= 0.3 is 6.18 Å². The van der Waals surface area contributed by atoms with Gasteiger partial charge in [-0.25, -0.2) is 14.6 Å². The molecule has 10 heteroatoms. The highest BCUT2D eigenvalue weighted by Crippen LogP contribution is 2.39. The Morgan fingerprint density at radius 3 is 2.63 bits per heavy atom. The van der Waals surface area contributed by atoms with Crippen molar-refractivity contribution in [1.82, 2.24) is 29.2 Å². The highest BCUT2D eigenvalue weighted by atomic mass is 19.4. The predicted molar refractivity (Wildman–Crippen MR) is 124 cm³/mol. The van der Waals surface area contributed by atoms with E-state index >= 15 is 0 Å². The number of halogens is 3. The Balaban J connectivity index is 1.47. The quantitative estimate of drug-likeness (QED) is 0.421. The number of imidazole rings is 1. The van der Waals surface area contributed by atoms with Crippen LogP contribution in [0.15, 0.2) is 55.0 Å². The van der Waals surface area contributed by atoms with Crippen LogP contribution in [0.3, 0.4) is 0 Å². The van der Waals surface area contributed by atoms with Crippen LogP contribution in [0.4, 0.5) is 13.2 Å².